The molecule has 3 aromatic rings. The first-order chi connectivity index (χ1) is 14.9. The van der Waals surface area contributed by atoms with Gasteiger partial charge in [-0.3, -0.25) is 0 Å². The van der Waals surface area contributed by atoms with Crippen molar-refractivity contribution in [3.63, 3.8) is 0 Å². The van der Waals surface area contributed by atoms with Gasteiger partial charge >= 0.3 is 6.09 Å². The number of piperidine rings is 1. The van der Waals surface area contributed by atoms with Crippen molar-refractivity contribution in [2.75, 3.05) is 24.6 Å². The van der Waals surface area contributed by atoms with Crippen LogP contribution in [0, 0.1) is 12.8 Å². The molecule has 4 rings (SSSR count). The van der Waals surface area contributed by atoms with Crippen molar-refractivity contribution in [1.29, 1.82) is 0 Å². The van der Waals surface area contributed by atoms with Gasteiger partial charge in [-0.2, -0.15) is 0 Å². The average molecular weight is 441 g/mol. The number of ether oxygens (including phenoxy) is 1. The van der Waals surface area contributed by atoms with Gasteiger partial charge in [0.2, 0.25) is 0 Å². The molecule has 1 fully saturated rings. The Morgan fingerprint density at radius 3 is 2.74 bits per heavy atom. The van der Waals surface area contributed by atoms with E-state index in [2.05, 4.69) is 22.5 Å². The highest BCUT2D eigenvalue weighted by molar-refractivity contribution is 7.17. The van der Waals surface area contributed by atoms with E-state index in [1.807, 2.05) is 26.0 Å². The molecule has 7 nitrogen and oxygen atoms in total. The van der Waals surface area contributed by atoms with Crippen molar-refractivity contribution in [3.05, 3.63) is 35.2 Å². The number of aryl methyl sites for hydroxylation is 1. The monoisotopic (exact) mass is 440 g/mol. The maximum absolute atomic E-state index is 12.0. The van der Waals surface area contributed by atoms with Crippen LogP contribution in [0.2, 0.25) is 0 Å². The van der Waals surface area contributed by atoms with Gasteiger partial charge in [0, 0.05) is 19.1 Å². The van der Waals surface area contributed by atoms with Crippen LogP contribution in [-0.2, 0) is 4.74 Å². The molecule has 0 bridgehead atoms. The third-order valence-corrected chi connectivity index (χ3v) is 6.40. The van der Waals surface area contributed by atoms with Crippen LogP contribution in [0.3, 0.4) is 0 Å². The highest BCUT2D eigenvalue weighted by Crippen LogP contribution is 2.36. The van der Waals surface area contributed by atoms with Crippen molar-refractivity contribution < 1.29 is 14.6 Å². The minimum absolute atomic E-state index is 0.0921. The van der Waals surface area contributed by atoms with Crippen molar-refractivity contribution in [3.8, 4) is 17.1 Å². The first-order valence-corrected chi connectivity index (χ1v) is 11.5. The molecule has 1 amide bonds. The first kappa shape index (κ1) is 21.4. The number of phenolic OH excluding ortho intramolecular Hbond substituents is 1. The number of phenols is 1. The molecule has 0 atom stereocenters. The number of rotatable bonds is 5. The number of thiophene rings is 1. The Balaban J connectivity index is 1.54. The molecule has 164 valence electrons. The molecule has 1 aromatic carbocycles. The van der Waals surface area contributed by atoms with E-state index in [4.69, 9.17) is 14.7 Å². The Morgan fingerprint density at radius 1 is 1.29 bits per heavy atom. The van der Waals surface area contributed by atoms with Crippen molar-refractivity contribution in [2.24, 2.45) is 5.92 Å². The average Bonchev–Trinajstić information content (AvgIpc) is 3.13. The number of amides is 1. The Kier molecular flexibility index (Phi) is 6.27. The number of para-hydroxylation sites is 1. The molecule has 31 heavy (non-hydrogen) atoms. The van der Waals surface area contributed by atoms with Crippen LogP contribution in [0.1, 0.15) is 32.3 Å². The van der Waals surface area contributed by atoms with Gasteiger partial charge in [-0.25, -0.2) is 14.8 Å². The first-order valence-electron chi connectivity index (χ1n) is 10.6. The number of fused-ring (bicyclic) bond motifs is 1. The fourth-order valence-corrected chi connectivity index (χ4v) is 4.68. The molecule has 2 N–H and O–H groups in total. The van der Waals surface area contributed by atoms with E-state index in [-0.39, 0.29) is 17.9 Å². The minimum atomic E-state index is -0.341. The van der Waals surface area contributed by atoms with Gasteiger partial charge in [0.1, 0.15) is 16.4 Å². The van der Waals surface area contributed by atoms with Crippen LogP contribution in [0.4, 0.5) is 10.6 Å². The summed E-state index contributed by atoms with van der Waals surface area (Å²) in [7, 11) is 0. The second kappa shape index (κ2) is 9.09. The third-order valence-electron chi connectivity index (χ3n) is 5.41. The number of carbonyl (C=O) groups is 1. The largest absolute Gasteiger partial charge is 0.507 e. The zero-order valence-electron chi connectivity index (χ0n) is 18.1. The van der Waals surface area contributed by atoms with E-state index in [0.717, 1.165) is 47.5 Å². The highest BCUT2D eigenvalue weighted by Gasteiger charge is 2.25. The zero-order chi connectivity index (χ0) is 22.0. The summed E-state index contributed by atoms with van der Waals surface area (Å²) in [4.78, 5) is 24.8. The molecule has 1 aliphatic heterocycles. The molecule has 1 saturated heterocycles. The van der Waals surface area contributed by atoms with Gasteiger partial charge in [0.05, 0.1) is 17.6 Å². The van der Waals surface area contributed by atoms with E-state index >= 15 is 0 Å². The zero-order valence-corrected chi connectivity index (χ0v) is 18.9. The summed E-state index contributed by atoms with van der Waals surface area (Å²) in [6.45, 7) is 8.09. The number of benzene rings is 1. The highest BCUT2D eigenvalue weighted by atomic mass is 32.1. The quantitative estimate of drug-likeness (QED) is 0.597. The molecule has 0 saturated carbocycles. The molecule has 0 unspecified atom stereocenters. The molecule has 0 radical (unpaired) electrons. The van der Waals surface area contributed by atoms with Crippen LogP contribution in [0.15, 0.2) is 29.6 Å². The van der Waals surface area contributed by atoms with Crippen LogP contribution < -0.4 is 10.2 Å². The number of alkyl carbamates (subject to hydrolysis) is 1. The van der Waals surface area contributed by atoms with Crippen LogP contribution >= 0.6 is 11.3 Å². The van der Waals surface area contributed by atoms with Crippen molar-refractivity contribution >= 4 is 33.5 Å². The molecule has 0 spiro atoms. The van der Waals surface area contributed by atoms with Crippen molar-refractivity contribution in [1.82, 2.24) is 15.3 Å². The van der Waals surface area contributed by atoms with E-state index in [1.165, 1.54) is 0 Å². The molecule has 8 heteroatoms. The fourth-order valence-electron chi connectivity index (χ4n) is 3.76. The predicted molar refractivity (Wildman–Crippen MR) is 124 cm³/mol. The van der Waals surface area contributed by atoms with E-state index in [0.29, 0.717) is 23.9 Å². The molecular weight excluding hydrogens is 412 g/mol. The lowest BCUT2D eigenvalue weighted by Gasteiger charge is -2.33. The molecular formula is C23H28N4O3S. The smallest absolute Gasteiger partial charge is 0.407 e. The standard InChI is InChI=1S/C23H28N4O3S/c1-14(2)12-30-23(29)24-16-8-10-27(11-9-16)21-19-15(3)13-31-22(19)26-20(25-21)17-6-4-5-7-18(17)28/h4-7,13-14,16,28H,8-12H2,1-3H3,(H,24,29). The lowest BCUT2D eigenvalue weighted by atomic mass is 10.0. The fraction of sp³-hybridized carbons (Fsp3) is 0.435. The predicted octanol–water partition coefficient (Wildman–Crippen LogP) is 4.72. The van der Waals surface area contributed by atoms with Gasteiger partial charge in [-0.1, -0.05) is 26.0 Å². The number of anilines is 1. The van der Waals surface area contributed by atoms with Crippen LogP contribution in [-0.4, -0.2) is 46.9 Å². The van der Waals surface area contributed by atoms with Gasteiger partial charge in [0.15, 0.2) is 5.82 Å². The van der Waals surface area contributed by atoms with E-state index in [9.17, 15) is 9.90 Å². The second-order valence-corrected chi connectivity index (χ2v) is 9.24. The topological polar surface area (TPSA) is 87.6 Å². The minimum Gasteiger partial charge on any atom is -0.507 e. The number of carbonyl (C=O) groups excluding carboxylic acids is 1. The van der Waals surface area contributed by atoms with Gasteiger partial charge in [-0.05, 0) is 48.8 Å². The third kappa shape index (κ3) is 4.74. The maximum atomic E-state index is 12.0. The summed E-state index contributed by atoms with van der Waals surface area (Å²) in [5.74, 6) is 1.91. The summed E-state index contributed by atoms with van der Waals surface area (Å²) in [6, 6.07) is 7.24. The Labute approximate surface area is 186 Å². The van der Waals surface area contributed by atoms with Crippen LogP contribution in [0.5, 0.6) is 5.75 Å². The number of nitrogens with one attached hydrogen (secondary N) is 1. The Morgan fingerprint density at radius 2 is 2.03 bits per heavy atom. The van der Waals surface area contributed by atoms with Gasteiger partial charge < -0.3 is 20.1 Å². The number of aromatic hydroxyl groups is 1. The summed E-state index contributed by atoms with van der Waals surface area (Å²) < 4.78 is 5.25. The Bertz CT molecular complexity index is 1070. The molecule has 3 heterocycles. The van der Waals surface area contributed by atoms with E-state index < -0.39 is 0 Å². The van der Waals surface area contributed by atoms with Crippen molar-refractivity contribution in [2.45, 2.75) is 39.7 Å². The number of aromatic nitrogens is 2. The number of hydrogen-bond donors (Lipinski definition) is 2. The summed E-state index contributed by atoms with van der Waals surface area (Å²) in [6.07, 6.45) is 1.29. The maximum Gasteiger partial charge on any atom is 0.407 e. The van der Waals surface area contributed by atoms with Crippen LogP contribution in [0.25, 0.3) is 21.6 Å². The summed E-state index contributed by atoms with van der Waals surface area (Å²) >= 11 is 1.59. The normalized spacial score (nSPS) is 14.9. The number of hydrogen-bond acceptors (Lipinski definition) is 7. The molecule has 0 aliphatic carbocycles. The summed E-state index contributed by atoms with van der Waals surface area (Å²) in [5, 5.41) is 16.4. The molecule has 1 aliphatic rings. The second-order valence-electron chi connectivity index (χ2n) is 8.38. The van der Waals surface area contributed by atoms with Gasteiger partial charge in [-0.15, -0.1) is 11.3 Å². The summed E-state index contributed by atoms with van der Waals surface area (Å²) in [5.41, 5.74) is 1.78. The van der Waals surface area contributed by atoms with Gasteiger partial charge in [0.25, 0.3) is 0 Å². The molecule has 2 aromatic heterocycles. The SMILES string of the molecule is Cc1csc2nc(-c3ccccc3O)nc(N3CCC(NC(=O)OCC(C)C)CC3)c12. The number of nitrogens with zero attached hydrogens (tertiary/aromatic N) is 3. The Hall–Kier alpha value is -2.87. The van der Waals surface area contributed by atoms with E-state index in [1.54, 1.807) is 23.5 Å². The lowest BCUT2D eigenvalue weighted by molar-refractivity contribution is 0.128. The lowest BCUT2D eigenvalue weighted by Crippen LogP contribution is -2.45.